The molecular formula is C18H28OS. The number of carbonyl (C=O) groups excluding carboxylic acids is 1. The number of rotatable bonds is 10. The lowest BCUT2D eigenvalue weighted by Gasteiger charge is -2.18. The molecule has 0 saturated heterocycles. The predicted molar refractivity (Wildman–Crippen MR) is 89.4 cm³/mol. The second kappa shape index (κ2) is 10.0. The summed E-state index contributed by atoms with van der Waals surface area (Å²) in [6, 6.07) is 8.79. The van der Waals surface area contributed by atoms with Crippen LogP contribution in [0.5, 0.6) is 0 Å². The van der Waals surface area contributed by atoms with Gasteiger partial charge >= 0.3 is 0 Å². The van der Waals surface area contributed by atoms with E-state index in [0.717, 1.165) is 25.0 Å². The fraction of sp³-hybridized carbons (Fsp3) is 0.611. The van der Waals surface area contributed by atoms with Crippen molar-refractivity contribution in [3.8, 4) is 0 Å². The van der Waals surface area contributed by atoms with E-state index in [1.165, 1.54) is 36.1 Å². The maximum Gasteiger partial charge on any atom is 0.120 e. The molecule has 0 amide bonds. The van der Waals surface area contributed by atoms with Crippen molar-refractivity contribution >= 4 is 18.0 Å². The first-order chi connectivity index (χ1) is 9.65. The molecular weight excluding hydrogens is 264 g/mol. The van der Waals surface area contributed by atoms with E-state index in [-0.39, 0.29) is 0 Å². The summed E-state index contributed by atoms with van der Waals surface area (Å²) in [6.45, 7) is 6.67. The molecule has 20 heavy (non-hydrogen) atoms. The Kier molecular flexibility index (Phi) is 8.68. The van der Waals surface area contributed by atoms with Gasteiger partial charge in [0.2, 0.25) is 0 Å². The molecule has 0 fully saturated rings. The van der Waals surface area contributed by atoms with Crippen molar-refractivity contribution < 1.29 is 4.79 Å². The Morgan fingerprint density at radius 1 is 1.10 bits per heavy atom. The minimum Gasteiger partial charge on any atom is -0.303 e. The maximum absolute atomic E-state index is 10.5. The normalized spacial score (nSPS) is 13.9. The van der Waals surface area contributed by atoms with Crippen LogP contribution in [0.25, 0.3) is 0 Å². The van der Waals surface area contributed by atoms with Crippen molar-refractivity contribution in [3.05, 3.63) is 29.8 Å². The first-order valence-corrected chi connectivity index (χ1v) is 8.70. The van der Waals surface area contributed by atoms with Crippen molar-refractivity contribution in [2.24, 2.45) is 5.92 Å². The first kappa shape index (κ1) is 17.3. The Bertz CT molecular complexity index is 372. The van der Waals surface area contributed by atoms with Gasteiger partial charge in [-0.05, 0) is 44.2 Å². The minimum absolute atomic E-state index is 0.647. The maximum atomic E-state index is 10.5. The van der Waals surface area contributed by atoms with E-state index in [9.17, 15) is 4.79 Å². The fourth-order valence-corrected chi connectivity index (χ4v) is 3.54. The summed E-state index contributed by atoms with van der Waals surface area (Å²) in [7, 11) is 0. The second-order valence-corrected chi connectivity index (χ2v) is 7.23. The highest BCUT2D eigenvalue weighted by atomic mass is 32.2. The van der Waals surface area contributed by atoms with Crippen molar-refractivity contribution in [1.29, 1.82) is 0 Å². The largest absolute Gasteiger partial charge is 0.303 e. The molecule has 2 heteroatoms. The molecule has 0 aromatic heterocycles. The van der Waals surface area contributed by atoms with E-state index in [4.69, 9.17) is 0 Å². The summed E-state index contributed by atoms with van der Waals surface area (Å²) in [4.78, 5) is 11.9. The molecule has 0 radical (unpaired) electrons. The molecule has 0 aliphatic carbocycles. The van der Waals surface area contributed by atoms with Gasteiger partial charge < -0.3 is 4.79 Å². The lowest BCUT2D eigenvalue weighted by atomic mass is 9.93. The summed E-state index contributed by atoms with van der Waals surface area (Å²) in [6.07, 6.45) is 7.83. The van der Waals surface area contributed by atoms with E-state index in [1.54, 1.807) is 0 Å². The van der Waals surface area contributed by atoms with Gasteiger partial charge in [0.15, 0.2) is 0 Å². The zero-order chi connectivity index (χ0) is 14.8. The topological polar surface area (TPSA) is 17.1 Å². The average Bonchev–Trinajstić information content (AvgIpc) is 2.44. The highest BCUT2D eigenvalue weighted by molar-refractivity contribution is 7.99. The number of carbonyl (C=O) groups is 1. The van der Waals surface area contributed by atoms with E-state index in [1.807, 2.05) is 11.8 Å². The van der Waals surface area contributed by atoms with Gasteiger partial charge in [0.25, 0.3) is 0 Å². The Morgan fingerprint density at radius 2 is 1.80 bits per heavy atom. The van der Waals surface area contributed by atoms with Crippen LogP contribution in [0.4, 0.5) is 0 Å². The molecule has 0 N–H and O–H groups in total. The van der Waals surface area contributed by atoms with Crippen molar-refractivity contribution in [2.45, 2.75) is 69.4 Å². The van der Waals surface area contributed by atoms with Crippen LogP contribution < -0.4 is 0 Å². The summed E-state index contributed by atoms with van der Waals surface area (Å²) in [5, 5.41) is 0.647. The average molecular weight is 292 g/mol. The van der Waals surface area contributed by atoms with Gasteiger partial charge in [0.05, 0.1) is 0 Å². The fourth-order valence-electron chi connectivity index (χ4n) is 2.52. The smallest absolute Gasteiger partial charge is 0.120 e. The molecule has 0 heterocycles. The van der Waals surface area contributed by atoms with Crippen LogP contribution in [0.1, 0.15) is 57.9 Å². The van der Waals surface area contributed by atoms with Gasteiger partial charge in [-0.3, -0.25) is 0 Å². The summed E-state index contributed by atoms with van der Waals surface area (Å²) in [5.41, 5.74) is 1.32. The molecule has 0 aliphatic heterocycles. The van der Waals surface area contributed by atoms with E-state index in [0.29, 0.717) is 5.25 Å². The molecule has 0 spiro atoms. The van der Waals surface area contributed by atoms with Gasteiger partial charge in [0.1, 0.15) is 6.29 Å². The molecule has 1 nitrogen and oxygen atoms in total. The van der Waals surface area contributed by atoms with Crippen LogP contribution in [0.15, 0.2) is 29.2 Å². The monoisotopic (exact) mass is 292 g/mol. The zero-order valence-corrected chi connectivity index (χ0v) is 13.9. The van der Waals surface area contributed by atoms with Gasteiger partial charge in [-0.25, -0.2) is 0 Å². The van der Waals surface area contributed by atoms with E-state index < -0.39 is 0 Å². The summed E-state index contributed by atoms with van der Waals surface area (Å²) in [5.74, 6) is 0.728. The van der Waals surface area contributed by atoms with Gasteiger partial charge in [0, 0.05) is 16.6 Å². The van der Waals surface area contributed by atoms with Crippen molar-refractivity contribution in [1.82, 2.24) is 0 Å². The van der Waals surface area contributed by atoms with Gasteiger partial charge in [-0.1, -0.05) is 44.4 Å². The number of hydrogen-bond donors (Lipinski definition) is 0. The third-order valence-electron chi connectivity index (χ3n) is 3.73. The molecule has 0 aliphatic rings. The number of benzene rings is 1. The SMILES string of the molecule is CCCC(CCC=O)CCC(C)Sc1ccc(C)cc1. The van der Waals surface area contributed by atoms with Crippen LogP contribution in [-0.2, 0) is 4.79 Å². The molecule has 0 saturated carbocycles. The Hall–Kier alpha value is -0.760. The van der Waals surface area contributed by atoms with Crippen molar-refractivity contribution in [3.63, 3.8) is 0 Å². The van der Waals surface area contributed by atoms with Crippen LogP contribution in [0, 0.1) is 12.8 Å². The molecule has 1 rings (SSSR count). The van der Waals surface area contributed by atoms with Crippen molar-refractivity contribution in [2.75, 3.05) is 0 Å². The summed E-state index contributed by atoms with van der Waals surface area (Å²) >= 11 is 1.97. The highest BCUT2D eigenvalue weighted by Gasteiger charge is 2.11. The Labute approximate surface area is 128 Å². The molecule has 1 aromatic rings. The lowest BCUT2D eigenvalue weighted by molar-refractivity contribution is -0.108. The van der Waals surface area contributed by atoms with Gasteiger partial charge in [-0.2, -0.15) is 0 Å². The number of thioether (sulfide) groups is 1. The number of aryl methyl sites for hydroxylation is 1. The molecule has 1 aromatic carbocycles. The Balaban J connectivity index is 2.34. The minimum atomic E-state index is 0.647. The van der Waals surface area contributed by atoms with Crippen LogP contribution in [0.2, 0.25) is 0 Å². The third-order valence-corrected chi connectivity index (χ3v) is 4.91. The van der Waals surface area contributed by atoms with E-state index in [2.05, 4.69) is 45.0 Å². The van der Waals surface area contributed by atoms with Crippen LogP contribution >= 0.6 is 11.8 Å². The predicted octanol–water partition coefficient (Wildman–Crippen LogP) is 5.65. The third kappa shape index (κ3) is 7.14. The van der Waals surface area contributed by atoms with Gasteiger partial charge in [-0.15, -0.1) is 11.8 Å². The van der Waals surface area contributed by atoms with E-state index >= 15 is 0 Å². The number of aldehydes is 1. The first-order valence-electron chi connectivity index (χ1n) is 7.82. The molecule has 112 valence electrons. The van der Waals surface area contributed by atoms with Crippen LogP contribution in [0.3, 0.4) is 0 Å². The quantitative estimate of drug-likeness (QED) is 0.409. The number of hydrogen-bond acceptors (Lipinski definition) is 2. The molecule has 2 atom stereocenters. The second-order valence-electron chi connectivity index (χ2n) is 5.72. The molecule has 0 bridgehead atoms. The lowest BCUT2D eigenvalue weighted by Crippen LogP contribution is -2.05. The van der Waals surface area contributed by atoms with Crippen LogP contribution in [-0.4, -0.2) is 11.5 Å². The Morgan fingerprint density at radius 3 is 2.40 bits per heavy atom. The standard InChI is InChI=1S/C18H28OS/c1-4-6-17(7-5-14-19)11-10-16(3)20-18-12-8-15(2)9-13-18/h8-9,12-14,16-17H,4-7,10-11H2,1-3H3. The zero-order valence-electron chi connectivity index (χ0n) is 13.1. The summed E-state index contributed by atoms with van der Waals surface area (Å²) < 4.78 is 0. The highest BCUT2D eigenvalue weighted by Crippen LogP contribution is 2.29. The molecule has 2 unspecified atom stereocenters.